The normalized spacial score (nSPS) is 11.5. The van der Waals surface area contributed by atoms with Crippen LogP contribution in [0, 0.1) is 20.4 Å². The highest BCUT2D eigenvalue weighted by molar-refractivity contribution is 6.22. The summed E-state index contributed by atoms with van der Waals surface area (Å²) in [5, 5.41) is 7.15. The van der Waals surface area contributed by atoms with Crippen molar-refractivity contribution in [1.82, 2.24) is 9.55 Å². The lowest BCUT2D eigenvalue weighted by atomic mass is 9.85. The number of aromatic nitrogens is 2. The molecule has 0 aliphatic heterocycles. The van der Waals surface area contributed by atoms with Gasteiger partial charge in [0.05, 0.1) is 17.6 Å². The van der Waals surface area contributed by atoms with Gasteiger partial charge in [-0.15, -0.1) is 0 Å². The average molecular weight is 550 g/mol. The summed E-state index contributed by atoms with van der Waals surface area (Å²) >= 11 is 0. The van der Waals surface area contributed by atoms with E-state index in [1.165, 1.54) is 54.9 Å². The molecule has 0 saturated carbocycles. The van der Waals surface area contributed by atoms with Crippen LogP contribution in [-0.4, -0.2) is 9.55 Å². The molecule has 43 heavy (non-hydrogen) atoms. The number of fused-ring (bicyclic) bond motifs is 5. The van der Waals surface area contributed by atoms with Gasteiger partial charge in [-0.25, -0.2) is 4.85 Å². The molecule has 0 saturated heterocycles. The molecule has 0 bridgehead atoms. The smallest absolute Gasteiger partial charge is 0.188 e. The van der Waals surface area contributed by atoms with Gasteiger partial charge >= 0.3 is 0 Å². The fraction of sp³-hybridized carbons (Fsp3) is 0.0500. The van der Waals surface area contributed by atoms with E-state index in [9.17, 15) is 0 Å². The van der Waals surface area contributed by atoms with Crippen LogP contribution in [0.3, 0.4) is 0 Å². The Balaban J connectivity index is 1.51. The second-order valence-corrected chi connectivity index (χ2v) is 11.3. The van der Waals surface area contributed by atoms with Crippen LogP contribution < -0.4 is 0 Å². The Labute approximate surface area is 250 Å². The summed E-state index contributed by atoms with van der Waals surface area (Å²) in [6.45, 7) is 12.0. The summed E-state index contributed by atoms with van der Waals surface area (Å²) in [4.78, 5) is 8.06. The van der Waals surface area contributed by atoms with Crippen LogP contribution in [0.4, 0.5) is 5.69 Å². The molecule has 202 valence electrons. The number of benzene rings is 6. The van der Waals surface area contributed by atoms with Crippen molar-refractivity contribution in [2.24, 2.45) is 0 Å². The highest BCUT2D eigenvalue weighted by Gasteiger charge is 2.19. The number of nitrogens with zero attached hydrogens (tertiary/aromatic N) is 3. The van der Waals surface area contributed by atoms with Gasteiger partial charge in [0.2, 0.25) is 0 Å². The standard InChI is InChI=1S/C40H27N3/c1-25-10-14-32-35(21-25)39(27-17-19-42-20-18-27)31-13-9-26(2)22-36(31)40(32)28-11-15-37-33(23-28)34-24-29(41-3)12-16-38(34)43(37)30-7-5-4-6-8-30/h4-24H,1-2H3. The zero-order valence-electron chi connectivity index (χ0n) is 24.0. The number of aryl methyl sites for hydroxylation is 2. The second kappa shape index (κ2) is 9.69. The number of pyridine rings is 1. The molecule has 2 aromatic heterocycles. The van der Waals surface area contributed by atoms with Gasteiger partial charge in [-0.1, -0.05) is 77.9 Å². The van der Waals surface area contributed by atoms with E-state index in [0.29, 0.717) is 5.69 Å². The van der Waals surface area contributed by atoms with Gasteiger partial charge in [0, 0.05) is 23.5 Å². The first-order valence-corrected chi connectivity index (χ1v) is 14.5. The molecule has 0 radical (unpaired) electrons. The fourth-order valence-electron chi connectivity index (χ4n) is 6.69. The van der Waals surface area contributed by atoms with Crippen LogP contribution in [0.2, 0.25) is 0 Å². The molecule has 0 fully saturated rings. The van der Waals surface area contributed by atoms with Crippen molar-refractivity contribution in [1.29, 1.82) is 0 Å². The van der Waals surface area contributed by atoms with Crippen LogP contribution >= 0.6 is 0 Å². The Morgan fingerprint density at radius 3 is 1.79 bits per heavy atom. The predicted octanol–water partition coefficient (Wildman–Crippen LogP) is 11.0. The number of para-hydroxylation sites is 1. The largest absolute Gasteiger partial charge is 0.309 e. The average Bonchev–Trinajstić information content (AvgIpc) is 3.37. The topological polar surface area (TPSA) is 22.2 Å². The van der Waals surface area contributed by atoms with Gasteiger partial charge in [-0.3, -0.25) is 4.98 Å². The Morgan fingerprint density at radius 1 is 0.535 bits per heavy atom. The first-order valence-electron chi connectivity index (χ1n) is 14.5. The summed E-state index contributed by atoms with van der Waals surface area (Å²) in [6.07, 6.45) is 3.75. The first kappa shape index (κ1) is 25.0. The summed E-state index contributed by atoms with van der Waals surface area (Å²) < 4.78 is 2.30. The van der Waals surface area contributed by atoms with Crippen molar-refractivity contribution in [2.75, 3.05) is 0 Å². The lowest BCUT2D eigenvalue weighted by Crippen LogP contribution is -1.94. The van der Waals surface area contributed by atoms with Crippen LogP contribution in [0.25, 0.3) is 76.1 Å². The maximum Gasteiger partial charge on any atom is 0.188 e. The minimum Gasteiger partial charge on any atom is -0.309 e. The Bertz CT molecular complexity index is 2410. The minimum atomic E-state index is 0.647. The third kappa shape index (κ3) is 3.92. The van der Waals surface area contributed by atoms with E-state index in [0.717, 1.165) is 27.5 Å². The molecule has 3 heteroatoms. The Hall–Kier alpha value is -5.72. The molecule has 0 spiro atoms. The van der Waals surface area contributed by atoms with E-state index in [4.69, 9.17) is 6.57 Å². The molecule has 0 unspecified atom stereocenters. The second-order valence-electron chi connectivity index (χ2n) is 11.3. The third-order valence-corrected chi connectivity index (χ3v) is 8.58. The van der Waals surface area contributed by atoms with Crippen LogP contribution in [0.1, 0.15) is 11.1 Å². The van der Waals surface area contributed by atoms with Gasteiger partial charge in [0.15, 0.2) is 5.69 Å². The number of hydrogen-bond donors (Lipinski definition) is 0. The number of rotatable bonds is 3. The Kier molecular flexibility index (Phi) is 5.64. The van der Waals surface area contributed by atoms with E-state index in [1.54, 1.807) is 0 Å². The van der Waals surface area contributed by atoms with Gasteiger partial charge in [0.25, 0.3) is 0 Å². The summed E-state index contributed by atoms with van der Waals surface area (Å²) in [5.74, 6) is 0. The zero-order chi connectivity index (χ0) is 29.1. The van der Waals surface area contributed by atoms with Crippen molar-refractivity contribution in [3.05, 3.63) is 150 Å². The first-order chi connectivity index (χ1) is 21.1. The monoisotopic (exact) mass is 549 g/mol. The Morgan fingerprint density at radius 2 is 1.14 bits per heavy atom. The van der Waals surface area contributed by atoms with Crippen LogP contribution in [0.5, 0.6) is 0 Å². The molecule has 2 heterocycles. The summed E-state index contributed by atoms with van der Waals surface area (Å²) in [5.41, 5.74) is 11.2. The van der Waals surface area contributed by atoms with Crippen molar-refractivity contribution >= 4 is 49.0 Å². The van der Waals surface area contributed by atoms with Crippen molar-refractivity contribution in [2.45, 2.75) is 13.8 Å². The molecular formula is C40H27N3. The predicted molar refractivity (Wildman–Crippen MR) is 180 cm³/mol. The molecule has 0 atom stereocenters. The fourth-order valence-corrected chi connectivity index (χ4v) is 6.69. The highest BCUT2D eigenvalue weighted by atomic mass is 15.0. The lowest BCUT2D eigenvalue weighted by molar-refractivity contribution is 1.18. The minimum absolute atomic E-state index is 0.647. The molecule has 8 aromatic rings. The SMILES string of the molecule is [C-]#[N+]c1ccc2c(c1)c1cc(-c3c4ccc(C)cc4c(-c4ccncc4)c4ccc(C)cc34)ccc1n2-c1ccccc1. The van der Waals surface area contributed by atoms with Gasteiger partial charge in [-0.05, 0) is 112 Å². The quantitative estimate of drug-likeness (QED) is 0.159. The van der Waals surface area contributed by atoms with Gasteiger partial charge in [-0.2, -0.15) is 0 Å². The van der Waals surface area contributed by atoms with Gasteiger partial charge < -0.3 is 4.57 Å². The molecule has 8 rings (SSSR count). The summed E-state index contributed by atoms with van der Waals surface area (Å²) in [6, 6.07) is 41.1. The van der Waals surface area contributed by atoms with E-state index in [1.807, 2.05) is 30.6 Å². The molecule has 0 amide bonds. The lowest BCUT2D eigenvalue weighted by Gasteiger charge is -2.19. The van der Waals surface area contributed by atoms with E-state index in [2.05, 4.69) is 125 Å². The third-order valence-electron chi connectivity index (χ3n) is 8.58. The van der Waals surface area contributed by atoms with E-state index in [-0.39, 0.29) is 0 Å². The zero-order valence-corrected chi connectivity index (χ0v) is 24.0. The molecular weight excluding hydrogens is 522 g/mol. The molecule has 0 N–H and O–H groups in total. The van der Waals surface area contributed by atoms with E-state index < -0.39 is 0 Å². The van der Waals surface area contributed by atoms with Crippen molar-refractivity contribution in [3.8, 4) is 27.9 Å². The summed E-state index contributed by atoms with van der Waals surface area (Å²) in [7, 11) is 0. The van der Waals surface area contributed by atoms with Crippen molar-refractivity contribution in [3.63, 3.8) is 0 Å². The maximum atomic E-state index is 7.70. The maximum absolute atomic E-state index is 7.70. The van der Waals surface area contributed by atoms with Crippen LogP contribution in [-0.2, 0) is 0 Å². The molecule has 0 aliphatic carbocycles. The van der Waals surface area contributed by atoms with Crippen molar-refractivity contribution < 1.29 is 0 Å². The molecule has 3 nitrogen and oxygen atoms in total. The van der Waals surface area contributed by atoms with E-state index >= 15 is 0 Å². The van der Waals surface area contributed by atoms with Gasteiger partial charge in [0.1, 0.15) is 0 Å². The highest BCUT2D eigenvalue weighted by Crippen LogP contribution is 2.45. The molecule has 0 aliphatic rings. The van der Waals surface area contributed by atoms with Crippen LogP contribution in [0.15, 0.2) is 128 Å². The number of hydrogen-bond acceptors (Lipinski definition) is 1. The molecule has 6 aromatic carbocycles.